The Balaban J connectivity index is 4.80. The SMILES string of the molecule is COCCOC(=O)/C(CC(=O)O)=C(/C)CC(=O)O. The predicted octanol–water partition coefficient (Wildman–Crippen LogP) is 0.442. The highest BCUT2D eigenvalue weighted by Gasteiger charge is 2.19. The fourth-order valence-electron chi connectivity index (χ4n) is 1.19. The molecule has 0 heterocycles. The molecule has 0 aromatic heterocycles. The third-order valence-corrected chi connectivity index (χ3v) is 2.03. The van der Waals surface area contributed by atoms with Gasteiger partial charge in [0.05, 0.1) is 19.4 Å². The average molecular weight is 260 g/mol. The Morgan fingerprint density at radius 1 is 1.00 bits per heavy atom. The van der Waals surface area contributed by atoms with Crippen LogP contribution in [0.2, 0.25) is 0 Å². The maximum Gasteiger partial charge on any atom is 0.334 e. The molecule has 0 unspecified atom stereocenters. The highest BCUT2D eigenvalue weighted by atomic mass is 16.6. The lowest BCUT2D eigenvalue weighted by molar-refractivity contribution is -0.143. The van der Waals surface area contributed by atoms with Crippen LogP contribution in [0, 0.1) is 0 Å². The maximum atomic E-state index is 11.6. The second-order valence-electron chi connectivity index (χ2n) is 3.53. The number of carboxylic acids is 2. The first-order valence-corrected chi connectivity index (χ1v) is 5.16. The lowest BCUT2D eigenvalue weighted by Crippen LogP contribution is -2.16. The van der Waals surface area contributed by atoms with E-state index in [1.54, 1.807) is 0 Å². The fourth-order valence-corrected chi connectivity index (χ4v) is 1.19. The molecule has 0 fully saturated rings. The summed E-state index contributed by atoms with van der Waals surface area (Å²) >= 11 is 0. The molecule has 0 rings (SSSR count). The summed E-state index contributed by atoms with van der Waals surface area (Å²) < 4.78 is 9.44. The van der Waals surface area contributed by atoms with E-state index in [1.165, 1.54) is 14.0 Å². The molecule has 0 aliphatic carbocycles. The van der Waals surface area contributed by atoms with Gasteiger partial charge in [-0.15, -0.1) is 0 Å². The third kappa shape index (κ3) is 6.64. The minimum absolute atomic E-state index is 0.0151. The third-order valence-electron chi connectivity index (χ3n) is 2.03. The summed E-state index contributed by atoms with van der Waals surface area (Å²) in [6.45, 7) is 1.56. The largest absolute Gasteiger partial charge is 0.481 e. The zero-order valence-electron chi connectivity index (χ0n) is 10.3. The second-order valence-corrected chi connectivity index (χ2v) is 3.53. The predicted molar refractivity (Wildman–Crippen MR) is 60.0 cm³/mol. The smallest absolute Gasteiger partial charge is 0.334 e. The Kier molecular flexibility index (Phi) is 7.37. The van der Waals surface area contributed by atoms with Crippen LogP contribution < -0.4 is 0 Å². The Bertz CT molecular complexity index is 356. The first kappa shape index (κ1) is 16.1. The molecule has 0 spiro atoms. The van der Waals surface area contributed by atoms with Crippen LogP contribution in [0.15, 0.2) is 11.1 Å². The van der Waals surface area contributed by atoms with Gasteiger partial charge >= 0.3 is 17.9 Å². The van der Waals surface area contributed by atoms with E-state index in [-0.39, 0.29) is 24.4 Å². The Morgan fingerprint density at radius 3 is 2.00 bits per heavy atom. The number of hydrogen-bond donors (Lipinski definition) is 2. The number of esters is 1. The van der Waals surface area contributed by atoms with Gasteiger partial charge in [0, 0.05) is 12.7 Å². The van der Waals surface area contributed by atoms with Crippen LogP contribution in [0.5, 0.6) is 0 Å². The van der Waals surface area contributed by atoms with E-state index in [1.807, 2.05) is 0 Å². The molecular formula is C11H16O7. The van der Waals surface area contributed by atoms with Crippen LogP contribution in [-0.4, -0.2) is 48.4 Å². The molecule has 0 saturated carbocycles. The lowest BCUT2D eigenvalue weighted by atomic mass is 10.0. The summed E-state index contributed by atoms with van der Waals surface area (Å²) in [4.78, 5) is 32.7. The maximum absolute atomic E-state index is 11.6. The topological polar surface area (TPSA) is 110 Å². The molecule has 0 saturated heterocycles. The molecule has 0 aliphatic heterocycles. The van der Waals surface area contributed by atoms with E-state index < -0.39 is 30.7 Å². The lowest BCUT2D eigenvalue weighted by Gasteiger charge is -2.09. The van der Waals surface area contributed by atoms with Crippen molar-refractivity contribution in [3.8, 4) is 0 Å². The van der Waals surface area contributed by atoms with Crippen LogP contribution >= 0.6 is 0 Å². The Morgan fingerprint density at radius 2 is 1.56 bits per heavy atom. The van der Waals surface area contributed by atoms with Gasteiger partial charge in [0.1, 0.15) is 6.61 Å². The minimum Gasteiger partial charge on any atom is -0.481 e. The van der Waals surface area contributed by atoms with Gasteiger partial charge in [0.15, 0.2) is 0 Å². The van der Waals surface area contributed by atoms with E-state index in [0.717, 1.165) is 0 Å². The molecule has 102 valence electrons. The summed E-state index contributed by atoms with van der Waals surface area (Å²) in [5.41, 5.74) is 0.0355. The van der Waals surface area contributed by atoms with E-state index in [2.05, 4.69) is 4.74 Å². The highest BCUT2D eigenvalue weighted by Crippen LogP contribution is 2.14. The molecule has 7 heteroatoms. The summed E-state index contributed by atoms with van der Waals surface area (Å²) in [6, 6.07) is 0. The van der Waals surface area contributed by atoms with Crippen molar-refractivity contribution >= 4 is 17.9 Å². The first-order valence-electron chi connectivity index (χ1n) is 5.16. The Hall–Kier alpha value is -1.89. The van der Waals surface area contributed by atoms with Gasteiger partial charge in [-0.05, 0) is 6.92 Å². The van der Waals surface area contributed by atoms with Crippen LogP contribution in [0.25, 0.3) is 0 Å². The van der Waals surface area contributed by atoms with Crippen molar-refractivity contribution in [2.45, 2.75) is 19.8 Å². The van der Waals surface area contributed by atoms with E-state index in [4.69, 9.17) is 14.9 Å². The van der Waals surface area contributed by atoms with Crippen molar-refractivity contribution in [1.82, 2.24) is 0 Å². The molecule has 18 heavy (non-hydrogen) atoms. The molecule has 0 aromatic rings. The fraction of sp³-hybridized carbons (Fsp3) is 0.545. The van der Waals surface area contributed by atoms with Crippen LogP contribution in [0.4, 0.5) is 0 Å². The van der Waals surface area contributed by atoms with Crippen molar-refractivity contribution in [2.24, 2.45) is 0 Å². The average Bonchev–Trinajstić information content (AvgIpc) is 2.24. The van der Waals surface area contributed by atoms with Gasteiger partial charge in [0.2, 0.25) is 0 Å². The number of methoxy groups -OCH3 is 1. The van der Waals surface area contributed by atoms with Crippen molar-refractivity contribution in [3.05, 3.63) is 11.1 Å². The summed E-state index contributed by atoms with van der Waals surface area (Å²) in [7, 11) is 1.43. The molecule has 7 nitrogen and oxygen atoms in total. The van der Waals surface area contributed by atoms with Crippen LogP contribution in [0.1, 0.15) is 19.8 Å². The number of carbonyl (C=O) groups excluding carboxylic acids is 1. The molecule has 0 bridgehead atoms. The molecule has 0 aromatic carbocycles. The number of hydrogen-bond acceptors (Lipinski definition) is 5. The van der Waals surface area contributed by atoms with Crippen molar-refractivity contribution in [1.29, 1.82) is 0 Å². The minimum atomic E-state index is -1.22. The van der Waals surface area contributed by atoms with Gasteiger partial charge in [-0.25, -0.2) is 4.79 Å². The molecule has 0 aliphatic rings. The number of ether oxygens (including phenoxy) is 2. The summed E-state index contributed by atoms with van der Waals surface area (Å²) in [5, 5.41) is 17.3. The number of carboxylic acid groups (broad SMARTS) is 2. The zero-order chi connectivity index (χ0) is 14.1. The van der Waals surface area contributed by atoms with E-state index in [0.29, 0.717) is 0 Å². The number of carbonyl (C=O) groups is 3. The molecular weight excluding hydrogens is 244 g/mol. The van der Waals surface area contributed by atoms with Crippen molar-refractivity contribution in [2.75, 3.05) is 20.3 Å². The molecule has 2 N–H and O–H groups in total. The van der Waals surface area contributed by atoms with Crippen molar-refractivity contribution in [3.63, 3.8) is 0 Å². The van der Waals surface area contributed by atoms with E-state index >= 15 is 0 Å². The quantitative estimate of drug-likeness (QED) is 0.370. The van der Waals surface area contributed by atoms with E-state index in [9.17, 15) is 14.4 Å². The first-order chi connectivity index (χ1) is 8.38. The van der Waals surface area contributed by atoms with Gasteiger partial charge in [-0.2, -0.15) is 0 Å². The van der Waals surface area contributed by atoms with Crippen molar-refractivity contribution < 1.29 is 34.1 Å². The summed E-state index contributed by atoms with van der Waals surface area (Å²) in [6.07, 6.45) is -0.965. The van der Waals surface area contributed by atoms with Crippen LogP contribution in [0.3, 0.4) is 0 Å². The number of rotatable bonds is 8. The molecule has 0 amide bonds. The van der Waals surface area contributed by atoms with Crippen LogP contribution in [-0.2, 0) is 23.9 Å². The van der Waals surface area contributed by atoms with Gasteiger partial charge in [-0.3, -0.25) is 9.59 Å². The van der Waals surface area contributed by atoms with Gasteiger partial charge in [-0.1, -0.05) is 5.57 Å². The normalized spacial score (nSPS) is 11.7. The highest BCUT2D eigenvalue weighted by molar-refractivity contribution is 5.95. The standard InChI is InChI=1S/C11H16O7/c1-7(5-9(12)13)8(6-10(14)15)11(16)18-4-3-17-2/h3-6H2,1-2H3,(H,12,13)(H,14,15)/b8-7-. The second kappa shape index (κ2) is 8.24. The zero-order valence-corrected chi connectivity index (χ0v) is 10.3. The number of aliphatic carboxylic acids is 2. The molecule has 0 radical (unpaired) electrons. The summed E-state index contributed by atoms with van der Waals surface area (Å²) in [5.74, 6) is -3.19. The monoisotopic (exact) mass is 260 g/mol. The van der Waals surface area contributed by atoms with Gasteiger partial charge in [0.25, 0.3) is 0 Å². The molecule has 0 atom stereocenters. The Labute approximate surface area is 104 Å². The van der Waals surface area contributed by atoms with Gasteiger partial charge < -0.3 is 19.7 Å².